The molecule has 7 heteroatoms. The molecule has 6 nitrogen and oxygen atoms in total. The van der Waals surface area contributed by atoms with Gasteiger partial charge in [0, 0.05) is 18.0 Å². The largest absolute Gasteiger partial charge is 0.364 e. The minimum absolute atomic E-state index is 0.0357. The van der Waals surface area contributed by atoms with E-state index in [-0.39, 0.29) is 24.2 Å². The zero-order valence-electron chi connectivity index (χ0n) is 13.3. The minimum atomic E-state index is -1.03. The molecule has 3 atom stereocenters. The summed E-state index contributed by atoms with van der Waals surface area (Å²) in [6.45, 7) is 10.7. The summed E-state index contributed by atoms with van der Waals surface area (Å²) in [5.41, 5.74) is 6.26. The van der Waals surface area contributed by atoms with Crippen molar-refractivity contribution in [1.29, 1.82) is 0 Å². The summed E-state index contributed by atoms with van der Waals surface area (Å²) in [4.78, 5) is 25.5. The second-order valence-corrected chi connectivity index (χ2v) is 5.72. The van der Waals surface area contributed by atoms with Crippen molar-refractivity contribution in [2.45, 2.75) is 45.1 Å². The van der Waals surface area contributed by atoms with Gasteiger partial charge in [0.2, 0.25) is 5.91 Å². The van der Waals surface area contributed by atoms with Crippen molar-refractivity contribution in [2.75, 3.05) is 0 Å². The van der Waals surface area contributed by atoms with Crippen molar-refractivity contribution in [3.63, 3.8) is 0 Å². The minimum Gasteiger partial charge on any atom is -0.364 e. The van der Waals surface area contributed by atoms with E-state index in [0.29, 0.717) is 17.7 Å². The fraction of sp³-hybridized carbons (Fsp3) is 0.438. The number of amides is 2. The first-order valence-electron chi connectivity index (χ1n) is 7.42. The van der Waals surface area contributed by atoms with Crippen molar-refractivity contribution in [3.05, 3.63) is 30.1 Å². The van der Waals surface area contributed by atoms with Crippen molar-refractivity contribution in [3.8, 4) is 0 Å². The van der Waals surface area contributed by atoms with Gasteiger partial charge in [0.15, 0.2) is 5.69 Å². The molecule has 2 amide bonds. The molecule has 2 N–H and O–H groups in total. The lowest BCUT2D eigenvalue weighted by Gasteiger charge is -2.26. The first-order chi connectivity index (χ1) is 10.8. The summed E-state index contributed by atoms with van der Waals surface area (Å²) in [5.74, 6) is -0.969. The van der Waals surface area contributed by atoms with Crippen molar-refractivity contribution in [2.24, 2.45) is 5.73 Å². The van der Waals surface area contributed by atoms with Crippen LogP contribution >= 0.6 is 0 Å². The van der Waals surface area contributed by atoms with Crippen LogP contribution in [0.15, 0.2) is 13.2 Å². The Labute approximate surface area is 134 Å². The number of primary amides is 1. The lowest BCUT2D eigenvalue weighted by molar-refractivity contribution is -0.134. The van der Waals surface area contributed by atoms with Gasteiger partial charge in [-0.3, -0.25) is 14.3 Å². The first-order valence-corrected chi connectivity index (χ1v) is 7.42. The molecule has 1 saturated heterocycles. The Kier molecular flexibility index (Phi) is 4.68. The highest BCUT2D eigenvalue weighted by molar-refractivity contribution is 5.96. The quantitative estimate of drug-likeness (QED) is 0.895. The second-order valence-electron chi connectivity index (χ2n) is 5.72. The first kappa shape index (κ1) is 16.9. The number of hydrogen-bond donors (Lipinski definition) is 1. The highest BCUT2D eigenvalue weighted by Gasteiger charge is 2.39. The molecular weight excluding hydrogens is 299 g/mol. The van der Waals surface area contributed by atoms with E-state index >= 15 is 0 Å². The molecule has 1 aliphatic rings. The molecule has 2 heterocycles. The van der Waals surface area contributed by atoms with Crippen LogP contribution in [0.3, 0.4) is 0 Å². The molecule has 1 fully saturated rings. The summed E-state index contributed by atoms with van der Waals surface area (Å²) in [7, 11) is 0. The molecular formula is C16H21FN4O2. The van der Waals surface area contributed by atoms with Crippen LogP contribution in [0.5, 0.6) is 0 Å². The van der Waals surface area contributed by atoms with Gasteiger partial charge in [0.05, 0.1) is 11.7 Å². The molecule has 1 aromatic rings. The van der Waals surface area contributed by atoms with Gasteiger partial charge < -0.3 is 10.6 Å². The molecule has 0 radical (unpaired) electrons. The predicted molar refractivity (Wildman–Crippen MR) is 86.2 cm³/mol. The smallest absolute Gasteiger partial charge is 0.269 e. The zero-order chi connectivity index (χ0) is 17.3. The molecule has 23 heavy (non-hydrogen) atoms. The number of carbonyl (C=O) groups excluding carboxylic acids is 2. The van der Waals surface area contributed by atoms with E-state index < -0.39 is 18.1 Å². The number of likely N-dealkylation sites (tertiary alicyclic amines) is 1. The molecule has 124 valence electrons. The number of carbonyl (C=O) groups is 2. The number of rotatable bonds is 5. The van der Waals surface area contributed by atoms with Crippen LogP contribution in [0, 0.1) is 0 Å². The van der Waals surface area contributed by atoms with Crippen molar-refractivity contribution >= 4 is 24.0 Å². The van der Waals surface area contributed by atoms with Gasteiger partial charge in [-0.1, -0.05) is 19.2 Å². The highest BCUT2D eigenvalue weighted by Crippen LogP contribution is 2.27. The summed E-state index contributed by atoms with van der Waals surface area (Å²) in [6.07, 6.45) is 2.22. The monoisotopic (exact) mass is 320 g/mol. The fourth-order valence-electron chi connectivity index (χ4n) is 3.10. The van der Waals surface area contributed by atoms with Crippen molar-refractivity contribution < 1.29 is 14.0 Å². The Morgan fingerprint density at radius 2 is 2.04 bits per heavy atom. The van der Waals surface area contributed by atoms with E-state index in [1.807, 2.05) is 6.92 Å². The molecule has 1 aliphatic heterocycles. The SMILES string of the molecule is C=Cc1c(C(N)=O)nn(CC(=O)N2C(C)CC(F)C2C)c1C=C. The standard InChI is InChI=1S/C16H21FN4O2/c1-5-11-13(6-2)20(19-15(11)16(18)23)8-14(22)21-9(3)7-12(17)10(21)4/h5-6,9-10,12H,1-2,7-8H2,3-4H3,(H2,18,23). The Hall–Kier alpha value is -2.44. The van der Waals surface area contributed by atoms with Crippen LogP contribution in [0.2, 0.25) is 0 Å². The van der Waals surface area contributed by atoms with Gasteiger partial charge in [0.1, 0.15) is 12.7 Å². The third kappa shape index (κ3) is 2.91. The number of alkyl halides is 1. The molecule has 0 aliphatic carbocycles. The normalized spacial score (nSPS) is 23.8. The van der Waals surface area contributed by atoms with Crippen LogP contribution in [-0.2, 0) is 11.3 Å². The number of nitrogens with zero attached hydrogens (tertiary/aromatic N) is 3. The van der Waals surface area contributed by atoms with Gasteiger partial charge in [-0.15, -0.1) is 0 Å². The maximum atomic E-state index is 13.8. The topological polar surface area (TPSA) is 81.2 Å². The van der Waals surface area contributed by atoms with Crippen LogP contribution < -0.4 is 5.73 Å². The number of aromatic nitrogens is 2. The lowest BCUT2D eigenvalue weighted by Crippen LogP contribution is -2.42. The van der Waals surface area contributed by atoms with Crippen LogP contribution in [-0.4, -0.2) is 44.8 Å². The highest BCUT2D eigenvalue weighted by atomic mass is 19.1. The van der Waals surface area contributed by atoms with Crippen LogP contribution in [0.1, 0.15) is 42.0 Å². The molecule has 0 saturated carbocycles. The molecule has 1 aromatic heterocycles. The fourth-order valence-corrected chi connectivity index (χ4v) is 3.10. The molecule has 0 bridgehead atoms. The van der Waals surface area contributed by atoms with E-state index in [1.54, 1.807) is 6.92 Å². The Balaban J connectivity index is 2.33. The van der Waals surface area contributed by atoms with E-state index in [0.717, 1.165) is 0 Å². The van der Waals surface area contributed by atoms with Gasteiger partial charge >= 0.3 is 0 Å². The van der Waals surface area contributed by atoms with Crippen molar-refractivity contribution in [1.82, 2.24) is 14.7 Å². The summed E-state index contributed by atoms with van der Waals surface area (Å²) < 4.78 is 15.1. The Morgan fingerprint density at radius 3 is 2.48 bits per heavy atom. The summed E-state index contributed by atoms with van der Waals surface area (Å²) >= 11 is 0. The third-order valence-electron chi connectivity index (χ3n) is 4.24. The summed E-state index contributed by atoms with van der Waals surface area (Å²) in [6, 6.07) is -0.653. The van der Waals surface area contributed by atoms with E-state index in [4.69, 9.17) is 5.73 Å². The molecule has 2 rings (SSSR count). The molecule has 0 spiro atoms. The second kappa shape index (κ2) is 6.36. The van der Waals surface area contributed by atoms with Gasteiger partial charge in [-0.25, -0.2) is 4.39 Å². The number of hydrogen-bond acceptors (Lipinski definition) is 3. The number of halogens is 1. The average Bonchev–Trinajstić information content (AvgIpc) is 2.96. The molecule has 3 unspecified atom stereocenters. The maximum absolute atomic E-state index is 13.8. The van der Waals surface area contributed by atoms with E-state index in [2.05, 4.69) is 18.3 Å². The Bertz CT molecular complexity index is 667. The zero-order valence-corrected chi connectivity index (χ0v) is 13.3. The van der Waals surface area contributed by atoms with Gasteiger partial charge in [-0.2, -0.15) is 5.10 Å². The van der Waals surface area contributed by atoms with Crippen LogP contribution in [0.25, 0.3) is 12.2 Å². The van der Waals surface area contributed by atoms with Crippen LogP contribution in [0.4, 0.5) is 4.39 Å². The lowest BCUT2D eigenvalue weighted by atomic mass is 10.1. The maximum Gasteiger partial charge on any atom is 0.269 e. The van der Waals surface area contributed by atoms with E-state index in [9.17, 15) is 14.0 Å². The number of nitrogens with two attached hydrogens (primary N) is 1. The van der Waals surface area contributed by atoms with Gasteiger partial charge in [0.25, 0.3) is 5.91 Å². The van der Waals surface area contributed by atoms with E-state index in [1.165, 1.54) is 21.7 Å². The third-order valence-corrected chi connectivity index (χ3v) is 4.24. The Morgan fingerprint density at radius 1 is 1.39 bits per heavy atom. The average molecular weight is 320 g/mol. The predicted octanol–water partition coefficient (Wildman–Crippen LogP) is 1.62. The van der Waals surface area contributed by atoms with Gasteiger partial charge in [-0.05, 0) is 19.9 Å². The summed E-state index contributed by atoms with van der Waals surface area (Å²) in [5, 5.41) is 4.09. The molecule has 0 aromatic carbocycles.